The Bertz CT molecular complexity index is 1060. The Hall–Kier alpha value is -4.25. The second-order valence-electron chi connectivity index (χ2n) is 7.59. The van der Waals surface area contributed by atoms with E-state index < -0.39 is 47.4 Å². The number of nitrogens with two attached hydrogens (primary N) is 1. The van der Waals surface area contributed by atoms with Gasteiger partial charge >= 0.3 is 23.9 Å². The number of nitrogens with zero attached hydrogens (tertiary/aromatic N) is 3. The van der Waals surface area contributed by atoms with Gasteiger partial charge in [0, 0.05) is 36.6 Å². The molecule has 39 heavy (non-hydrogen) atoms. The number of urea groups is 1. The first-order valence-corrected chi connectivity index (χ1v) is 12.6. The zero-order valence-electron chi connectivity index (χ0n) is 20.9. The van der Waals surface area contributed by atoms with Gasteiger partial charge in [0.2, 0.25) is 5.91 Å². The van der Waals surface area contributed by atoms with E-state index in [1.54, 1.807) is 6.92 Å². The maximum atomic E-state index is 12.5. The number of nitrogens with one attached hydrogen (secondary N) is 1. The fourth-order valence-electron chi connectivity index (χ4n) is 2.68. The minimum Gasteiger partial charge on any atom is -0.480 e. The Morgan fingerprint density at radius 1 is 1.21 bits per heavy atom. The lowest BCUT2D eigenvalue weighted by molar-refractivity contribution is -0.384. The number of hydrogen-bond donors (Lipinski definition) is 4. The van der Waals surface area contributed by atoms with Gasteiger partial charge in [-0.3, -0.25) is 29.4 Å². The average Bonchev–Trinajstić information content (AvgIpc) is 2.89. The maximum absolute atomic E-state index is 12.5. The number of aliphatic carboxylic acids is 2. The fraction of sp³-hybridized carbons (Fsp3) is 0.455. The Balaban J connectivity index is 2.77. The predicted octanol–water partition coefficient (Wildman–Crippen LogP) is 0.579. The number of rotatable bonds is 17. The lowest BCUT2D eigenvalue weighted by atomic mass is 10.1. The lowest BCUT2D eigenvalue weighted by Gasteiger charge is -2.21. The quantitative estimate of drug-likeness (QED) is 0.0658. The largest absolute Gasteiger partial charge is 0.480 e. The van der Waals surface area contributed by atoms with Crippen LogP contribution < -0.4 is 11.1 Å². The second-order valence-corrected chi connectivity index (χ2v) is 8.69. The van der Waals surface area contributed by atoms with Gasteiger partial charge in [0.25, 0.3) is 5.69 Å². The van der Waals surface area contributed by atoms with Crippen LogP contribution in [0.15, 0.2) is 29.4 Å². The highest BCUT2D eigenvalue weighted by Gasteiger charge is 2.24. The maximum Gasteiger partial charge on any atom is 0.356 e. The zero-order chi connectivity index (χ0) is 29.4. The number of oxime groups is 1. The van der Waals surface area contributed by atoms with Crippen LogP contribution in [0.5, 0.6) is 0 Å². The van der Waals surface area contributed by atoms with Crippen molar-refractivity contribution in [3.05, 3.63) is 39.9 Å². The molecule has 0 saturated heterocycles. The van der Waals surface area contributed by atoms with E-state index in [-0.39, 0.29) is 55.5 Å². The molecular weight excluding hydrogens is 542 g/mol. The summed E-state index contributed by atoms with van der Waals surface area (Å²) < 4.78 is 4.95. The number of non-ortho nitro benzene ring substituents is 1. The molecule has 1 atom stereocenters. The van der Waals surface area contributed by atoms with E-state index in [1.807, 2.05) is 0 Å². The van der Waals surface area contributed by atoms with E-state index in [1.165, 1.54) is 24.3 Å². The number of carbonyl (C=O) groups excluding carboxylic acids is 3. The molecule has 0 heterocycles. The SMILES string of the molecule is CCOC(=O)C(CSCCN(C(=O)CCC(N)C(=O)O)C(=O)NCC(=O)O)=NOCc1ccc([N+](=O)[O-])cc1. The lowest BCUT2D eigenvalue weighted by Crippen LogP contribution is -2.46. The number of carbonyl (C=O) groups is 5. The summed E-state index contributed by atoms with van der Waals surface area (Å²) >= 11 is 1.09. The number of ether oxygens (including phenoxy) is 1. The van der Waals surface area contributed by atoms with Crippen LogP contribution >= 0.6 is 11.8 Å². The summed E-state index contributed by atoms with van der Waals surface area (Å²) in [4.78, 5) is 74.9. The molecule has 17 heteroatoms. The highest BCUT2D eigenvalue weighted by atomic mass is 32.2. The third-order valence-electron chi connectivity index (χ3n) is 4.69. The second kappa shape index (κ2) is 17.3. The van der Waals surface area contributed by atoms with Crippen molar-refractivity contribution in [2.24, 2.45) is 10.9 Å². The minimum absolute atomic E-state index is 0.0399. The molecular formula is C22H29N5O11S. The van der Waals surface area contributed by atoms with Crippen molar-refractivity contribution in [3.63, 3.8) is 0 Å². The molecule has 0 aliphatic rings. The summed E-state index contributed by atoms with van der Waals surface area (Å²) in [6.07, 6.45) is -0.611. The molecule has 5 N–H and O–H groups in total. The molecule has 214 valence electrons. The molecule has 3 amide bonds. The van der Waals surface area contributed by atoms with E-state index in [2.05, 4.69) is 10.5 Å². The summed E-state index contributed by atoms with van der Waals surface area (Å²) in [6.45, 7) is 0.633. The van der Waals surface area contributed by atoms with Gasteiger partial charge in [0.1, 0.15) is 19.2 Å². The van der Waals surface area contributed by atoms with Crippen molar-refractivity contribution in [1.29, 1.82) is 0 Å². The van der Waals surface area contributed by atoms with Gasteiger partial charge < -0.3 is 30.8 Å². The van der Waals surface area contributed by atoms with Gasteiger partial charge in [0.15, 0.2) is 5.71 Å². The van der Waals surface area contributed by atoms with E-state index in [9.17, 15) is 34.1 Å². The van der Waals surface area contributed by atoms with E-state index in [0.29, 0.717) is 5.56 Å². The molecule has 16 nitrogen and oxygen atoms in total. The van der Waals surface area contributed by atoms with Gasteiger partial charge in [-0.05, 0) is 31.0 Å². The van der Waals surface area contributed by atoms with Crippen LogP contribution in [0.25, 0.3) is 0 Å². The van der Waals surface area contributed by atoms with Crippen LogP contribution in [0.3, 0.4) is 0 Å². The number of thioether (sulfide) groups is 1. The van der Waals surface area contributed by atoms with Crippen molar-refractivity contribution in [3.8, 4) is 0 Å². The third kappa shape index (κ3) is 12.7. The molecule has 0 saturated carbocycles. The molecule has 0 aromatic heterocycles. The summed E-state index contributed by atoms with van der Waals surface area (Å²) in [6, 6.07) is 3.21. The fourth-order valence-corrected chi connectivity index (χ4v) is 3.50. The summed E-state index contributed by atoms with van der Waals surface area (Å²) in [5.74, 6) is -4.12. The standard InChI is InChI=1S/C22H29N5O11S/c1-2-37-21(33)17(25-38-12-14-3-5-15(6-4-14)27(35)36)13-39-10-9-26(22(34)24-11-19(29)30)18(28)8-7-16(23)20(31)32/h3-6,16H,2,7-13,23H2,1H3,(H,24,34)(H,29,30)(H,31,32). The van der Waals surface area contributed by atoms with Crippen molar-refractivity contribution in [2.45, 2.75) is 32.4 Å². The van der Waals surface area contributed by atoms with Gasteiger partial charge in [-0.15, -0.1) is 0 Å². The van der Waals surface area contributed by atoms with Crippen LogP contribution in [-0.2, 0) is 35.4 Å². The van der Waals surface area contributed by atoms with E-state index in [4.69, 9.17) is 25.5 Å². The Labute approximate surface area is 226 Å². The minimum atomic E-state index is -1.33. The van der Waals surface area contributed by atoms with Crippen molar-refractivity contribution >= 4 is 53.0 Å². The smallest absolute Gasteiger partial charge is 0.356 e. The van der Waals surface area contributed by atoms with Crippen LogP contribution in [0.1, 0.15) is 25.3 Å². The predicted molar refractivity (Wildman–Crippen MR) is 137 cm³/mol. The van der Waals surface area contributed by atoms with E-state index >= 15 is 0 Å². The van der Waals surface area contributed by atoms with Crippen molar-refractivity contribution in [1.82, 2.24) is 10.2 Å². The molecule has 0 fully saturated rings. The topological polar surface area (TPSA) is 241 Å². The number of benzene rings is 1. The highest BCUT2D eigenvalue weighted by molar-refractivity contribution is 8.00. The Morgan fingerprint density at radius 2 is 1.87 bits per heavy atom. The first kappa shape index (κ1) is 32.8. The van der Waals surface area contributed by atoms with Crippen LogP contribution in [0.4, 0.5) is 10.5 Å². The number of carboxylic acid groups (broad SMARTS) is 2. The monoisotopic (exact) mass is 571 g/mol. The summed E-state index contributed by atoms with van der Waals surface area (Å²) in [5.41, 5.74) is 5.75. The Morgan fingerprint density at radius 3 is 2.44 bits per heavy atom. The Kier molecular flexibility index (Phi) is 14.5. The van der Waals surface area contributed by atoms with Crippen LogP contribution in [0, 0.1) is 10.1 Å². The molecule has 0 bridgehead atoms. The first-order chi connectivity index (χ1) is 18.5. The number of hydrogen-bond acceptors (Lipinski definition) is 12. The van der Waals surface area contributed by atoms with Crippen LogP contribution in [0.2, 0.25) is 0 Å². The summed E-state index contributed by atoms with van der Waals surface area (Å²) in [7, 11) is 0. The number of imide groups is 1. The van der Waals surface area contributed by atoms with E-state index in [0.717, 1.165) is 16.7 Å². The molecule has 0 spiro atoms. The number of nitro benzene ring substituents is 1. The van der Waals surface area contributed by atoms with Gasteiger partial charge in [0.05, 0.1) is 11.5 Å². The van der Waals surface area contributed by atoms with Crippen molar-refractivity contribution in [2.75, 3.05) is 31.2 Å². The highest BCUT2D eigenvalue weighted by Crippen LogP contribution is 2.13. The number of nitro groups is 1. The van der Waals surface area contributed by atoms with Crippen molar-refractivity contribution < 1.29 is 48.7 Å². The van der Waals surface area contributed by atoms with Gasteiger partial charge in [-0.2, -0.15) is 11.8 Å². The molecule has 1 unspecified atom stereocenters. The molecule has 0 aliphatic heterocycles. The molecule has 1 rings (SSSR count). The summed E-state index contributed by atoms with van der Waals surface area (Å²) in [5, 5.41) is 34.2. The van der Waals surface area contributed by atoms with Gasteiger partial charge in [-0.25, -0.2) is 9.59 Å². The van der Waals surface area contributed by atoms with Gasteiger partial charge in [-0.1, -0.05) is 5.16 Å². The first-order valence-electron chi connectivity index (χ1n) is 11.4. The third-order valence-corrected chi connectivity index (χ3v) is 5.63. The molecule has 0 radical (unpaired) electrons. The number of esters is 1. The molecule has 1 aromatic rings. The number of carboxylic acids is 2. The normalized spacial score (nSPS) is 11.7. The molecule has 1 aromatic carbocycles. The van der Waals surface area contributed by atoms with Crippen LogP contribution in [-0.4, -0.2) is 92.8 Å². The average molecular weight is 572 g/mol. The zero-order valence-corrected chi connectivity index (χ0v) is 21.8. The number of amides is 3. The molecule has 0 aliphatic carbocycles.